The van der Waals surface area contributed by atoms with Crippen molar-refractivity contribution in [2.75, 3.05) is 19.0 Å². The summed E-state index contributed by atoms with van der Waals surface area (Å²) in [7, 11) is 1.60. The molecular formula is C22H23NO4. The summed E-state index contributed by atoms with van der Waals surface area (Å²) in [6.07, 6.45) is 3.28. The van der Waals surface area contributed by atoms with Crippen LogP contribution in [0.5, 0.6) is 11.5 Å². The van der Waals surface area contributed by atoms with Gasteiger partial charge in [-0.2, -0.15) is 0 Å². The molecule has 3 rings (SSSR count). The van der Waals surface area contributed by atoms with E-state index in [-0.39, 0.29) is 5.91 Å². The lowest BCUT2D eigenvalue weighted by atomic mass is 10.0. The van der Waals surface area contributed by atoms with Crippen molar-refractivity contribution in [3.63, 3.8) is 0 Å². The van der Waals surface area contributed by atoms with Gasteiger partial charge >= 0.3 is 0 Å². The molecule has 0 saturated heterocycles. The molecule has 0 spiro atoms. The molecule has 1 aromatic heterocycles. The third-order valence-corrected chi connectivity index (χ3v) is 4.29. The summed E-state index contributed by atoms with van der Waals surface area (Å²) in [5.74, 6) is 1.23. The van der Waals surface area contributed by atoms with Gasteiger partial charge in [0.2, 0.25) is 5.91 Å². The van der Waals surface area contributed by atoms with E-state index in [9.17, 15) is 4.79 Å². The summed E-state index contributed by atoms with van der Waals surface area (Å²) in [4.78, 5) is 12.4. The van der Waals surface area contributed by atoms with E-state index in [0.717, 1.165) is 33.4 Å². The normalized spacial score (nSPS) is 11.5. The van der Waals surface area contributed by atoms with E-state index in [2.05, 4.69) is 5.32 Å². The van der Waals surface area contributed by atoms with E-state index in [1.807, 2.05) is 57.2 Å². The first-order chi connectivity index (χ1) is 13.0. The molecule has 2 aromatic carbocycles. The van der Waals surface area contributed by atoms with Crippen LogP contribution in [0.15, 0.2) is 53.2 Å². The van der Waals surface area contributed by atoms with Gasteiger partial charge in [0.1, 0.15) is 17.1 Å². The first-order valence-corrected chi connectivity index (χ1v) is 8.80. The molecule has 5 nitrogen and oxygen atoms in total. The number of allylic oxidation sites excluding steroid dienone is 1. The van der Waals surface area contributed by atoms with Crippen molar-refractivity contribution < 1.29 is 18.7 Å². The molecule has 0 radical (unpaired) electrons. The van der Waals surface area contributed by atoms with E-state index < -0.39 is 0 Å². The first kappa shape index (κ1) is 18.6. The second-order valence-corrected chi connectivity index (χ2v) is 6.24. The highest BCUT2D eigenvalue weighted by atomic mass is 16.5. The van der Waals surface area contributed by atoms with Crippen molar-refractivity contribution >= 4 is 28.1 Å². The van der Waals surface area contributed by atoms with Crippen molar-refractivity contribution in [3.8, 4) is 11.5 Å². The number of carbonyl (C=O) groups is 1. The average Bonchev–Trinajstić information content (AvgIpc) is 3.02. The molecule has 1 heterocycles. The monoisotopic (exact) mass is 365 g/mol. The smallest absolute Gasteiger partial charge is 0.248 e. The molecule has 0 saturated carbocycles. The van der Waals surface area contributed by atoms with E-state index in [0.29, 0.717) is 18.0 Å². The van der Waals surface area contributed by atoms with E-state index in [4.69, 9.17) is 13.9 Å². The predicted molar refractivity (Wildman–Crippen MR) is 107 cm³/mol. The lowest BCUT2D eigenvalue weighted by Gasteiger charge is -2.10. The van der Waals surface area contributed by atoms with Crippen molar-refractivity contribution in [3.05, 3.63) is 59.9 Å². The van der Waals surface area contributed by atoms with Gasteiger partial charge in [0.25, 0.3) is 0 Å². The molecule has 27 heavy (non-hydrogen) atoms. The maximum Gasteiger partial charge on any atom is 0.248 e. The largest absolute Gasteiger partial charge is 0.496 e. The van der Waals surface area contributed by atoms with Crippen molar-refractivity contribution in [1.82, 2.24) is 0 Å². The molecule has 0 atom stereocenters. The number of hydrogen-bond acceptors (Lipinski definition) is 4. The van der Waals surface area contributed by atoms with Gasteiger partial charge in [0.15, 0.2) is 0 Å². The number of anilines is 1. The van der Waals surface area contributed by atoms with Crippen LogP contribution in [0.2, 0.25) is 0 Å². The zero-order valence-corrected chi connectivity index (χ0v) is 16.0. The molecular weight excluding hydrogens is 342 g/mol. The molecule has 1 amide bonds. The summed E-state index contributed by atoms with van der Waals surface area (Å²) in [5.41, 5.74) is 4.18. The van der Waals surface area contributed by atoms with Gasteiger partial charge in [-0.15, -0.1) is 0 Å². The molecule has 1 N–H and O–H groups in total. The van der Waals surface area contributed by atoms with Crippen LogP contribution in [0.25, 0.3) is 16.5 Å². The fourth-order valence-electron chi connectivity index (χ4n) is 2.91. The number of fused-ring (bicyclic) bond motifs is 1. The molecule has 0 bridgehead atoms. The molecule has 0 fully saturated rings. The molecule has 0 aliphatic rings. The van der Waals surface area contributed by atoms with Gasteiger partial charge in [0.05, 0.1) is 20.0 Å². The van der Waals surface area contributed by atoms with Gasteiger partial charge in [0, 0.05) is 28.8 Å². The quantitative estimate of drug-likeness (QED) is 0.611. The van der Waals surface area contributed by atoms with Crippen LogP contribution in [0, 0.1) is 6.92 Å². The lowest BCUT2D eigenvalue weighted by Crippen LogP contribution is -2.08. The van der Waals surface area contributed by atoms with Gasteiger partial charge < -0.3 is 19.2 Å². The van der Waals surface area contributed by atoms with E-state index >= 15 is 0 Å². The number of hydrogen-bond donors (Lipinski definition) is 1. The third kappa shape index (κ3) is 4.14. The number of aryl methyl sites for hydroxylation is 1. The topological polar surface area (TPSA) is 60.7 Å². The van der Waals surface area contributed by atoms with Gasteiger partial charge in [-0.05, 0) is 62.2 Å². The molecule has 3 aromatic rings. The standard InChI is InChI=1S/C22H23NO4/c1-5-26-17-8-6-16(7-9-17)23-22(24)10-14(2)18-11-19-15(3)13-27-21(19)12-20(18)25-4/h6-13H,5H2,1-4H3,(H,23,24)/b14-10+. The second-order valence-electron chi connectivity index (χ2n) is 6.24. The SMILES string of the molecule is CCOc1ccc(NC(=O)/C=C(\C)c2cc3c(C)coc3cc2OC)cc1. The Morgan fingerprint density at radius 2 is 1.96 bits per heavy atom. The zero-order chi connectivity index (χ0) is 19.4. The minimum Gasteiger partial charge on any atom is -0.496 e. The minimum absolute atomic E-state index is 0.206. The Labute approximate surface area is 158 Å². The fourth-order valence-corrected chi connectivity index (χ4v) is 2.91. The van der Waals surface area contributed by atoms with Crippen LogP contribution in [0.3, 0.4) is 0 Å². The van der Waals surface area contributed by atoms with Crippen molar-refractivity contribution in [1.29, 1.82) is 0 Å². The molecule has 0 aliphatic heterocycles. The Morgan fingerprint density at radius 3 is 2.63 bits per heavy atom. The van der Waals surface area contributed by atoms with E-state index in [1.165, 1.54) is 0 Å². The highest BCUT2D eigenvalue weighted by Crippen LogP contribution is 2.33. The summed E-state index contributed by atoms with van der Waals surface area (Å²) in [5, 5.41) is 3.87. The highest BCUT2D eigenvalue weighted by molar-refractivity contribution is 6.04. The Balaban J connectivity index is 1.82. The Morgan fingerprint density at radius 1 is 1.22 bits per heavy atom. The van der Waals surface area contributed by atoms with Crippen molar-refractivity contribution in [2.24, 2.45) is 0 Å². The molecule has 0 unspecified atom stereocenters. The maximum atomic E-state index is 12.4. The van der Waals surface area contributed by atoms with E-state index in [1.54, 1.807) is 19.4 Å². The maximum absolute atomic E-state index is 12.4. The lowest BCUT2D eigenvalue weighted by molar-refractivity contribution is -0.111. The van der Waals surface area contributed by atoms with Crippen LogP contribution in [-0.4, -0.2) is 19.6 Å². The van der Waals surface area contributed by atoms with Crippen LogP contribution < -0.4 is 14.8 Å². The number of carbonyl (C=O) groups excluding carboxylic acids is 1. The number of benzene rings is 2. The van der Waals surface area contributed by atoms with Gasteiger partial charge in [-0.1, -0.05) is 0 Å². The summed E-state index contributed by atoms with van der Waals surface area (Å²) in [6.45, 7) is 6.41. The average molecular weight is 365 g/mol. The molecule has 5 heteroatoms. The summed E-state index contributed by atoms with van der Waals surface area (Å²) < 4.78 is 16.4. The Kier molecular flexibility index (Phi) is 5.50. The fraction of sp³-hybridized carbons (Fsp3) is 0.227. The number of rotatable bonds is 6. The molecule has 0 aliphatic carbocycles. The van der Waals surface area contributed by atoms with Crippen LogP contribution in [0.1, 0.15) is 25.0 Å². The van der Waals surface area contributed by atoms with Crippen LogP contribution in [0.4, 0.5) is 5.69 Å². The Hall–Kier alpha value is -3.21. The third-order valence-electron chi connectivity index (χ3n) is 4.29. The number of ether oxygens (including phenoxy) is 2. The zero-order valence-electron chi connectivity index (χ0n) is 16.0. The number of nitrogens with one attached hydrogen (secondary N) is 1. The number of furan rings is 1. The Bertz CT molecular complexity index is 983. The summed E-state index contributed by atoms with van der Waals surface area (Å²) in [6, 6.07) is 11.1. The number of amides is 1. The highest BCUT2D eigenvalue weighted by Gasteiger charge is 2.12. The minimum atomic E-state index is -0.206. The summed E-state index contributed by atoms with van der Waals surface area (Å²) >= 11 is 0. The first-order valence-electron chi connectivity index (χ1n) is 8.80. The van der Waals surface area contributed by atoms with Crippen LogP contribution >= 0.6 is 0 Å². The van der Waals surface area contributed by atoms with Gasteiger partial charge in [-0.3, -0.25) is 4.79 Å². The van der Waals surface area contributed by atoms with Crippen LogP contribution in [-0.2, 0) is 4.79 Å². The van der Waals surface area contributed by atoms with Crippen molar-refractivity contribution in [2.45, 2.75) is 20.8 Å². The second kappa shape index (κ2) is 7.99. The number of methoxy groups -OCH3 is 1. The van der Waals surface area contributed by atoms with Gasteiger partial charge in [-0.25, -0.2) is 0 Å². The predicted octanol–water partition coefficient (Wildman–Crippen LogP) is 5.19. The molecule has 140 valence electrons.